The molecule has 5 heteroatoms. The molecule has 2 aliphatic rings. The molecule has 0 bridgehead atoms. The fourth-order valence-corrected chi connectivity index (χ4v) is 3.93. The normalized spacial score (nSPS) is 21.3. The van der Waals surface area contributed by atoms with Gasteiger partial charge in [-0.2, -0.15) is 5.10 Å². The van der Waals surface area contributed by atoms with Crippen LogP contribution < -0.4 is 4.90 Å². The summed E-state index contributed by atoms with van der Waals surface area (Å²) in [6.07, 6.45) is 6.37. The van der Waals surface area contributed by atoms with Crippen LogP contribution in [0.5, 0.6) is 0 Å². The molecule has 2 aliphatic heterocycles. The molecule has 5 nitrogen and oxygen atoms in total. The molecule has 2 aromatic rings. The molecule has 2 fully saturated rings. The van der Waals surface area contributed by atoms with Crippen LogP contribution in [0.25, 0.3) is 5.69 Å². The van der Waals surface area contributed by atoms with Gasteiger partial charge in [-0.3, -0.25) is 4.90 Å². The molecule has 0 radical (unpaired) electrons. The minimum atomic E-state index is 0.768. The van der Waals surface area contributed by atoms with Gasteiger partial charge in [-0.25, -0.2) is 4.68 Å². The fourth-order valence-electron chi connectivity index (χ4n) is 3.93. The van der Waals surface area contributed by atoms with Crippen molar-refractivity contribution in [2.75, 3.05) is 51.2 Å². The molecule has 4 rings (SSSR count). The van der Waals surface area contributed by atoms with E-state index in [0.717, 1.165) is 24.8 Å². The predicted octanol–water partition coefficient (Wildman–Crippen LogP) is 2.09. The van der Waals surface area contributed by atoms with Gasteiger partial charge in [0.15, 0.2) is 0 Å². The molecule has 0 spiro atoms. The van der Waals surface area contributed by atoms with Crippen LogP contribution in [0.3, 0.4) is 0 Å². The topological polar surface area (TPSA) is 27.5 Å². The van der Waals surface area contributed by atoms with Gasteiger partial charge in [0.25, 0.3) is 0 Å². The van der Waals surface area contributed by atoms with E-state index < -0.39 is 0 Å². The van der Waals surface area contributed by atoms with Crippen LogP contribution in [-0.2, 0) is 0 Å². The van der Waals surface area contributed by atoms with Crippen molar-refractivity contribution >= 4 is 5.69 Å². The Morgan fingerprint density at radius 1 is 0.917 bits per heavy atom. The van der Waals surface area contributed by atoms with Crippen LogP contribution in [0.2, 0.25) is 0 Å². The molecule has 0 amide bonds. The van der Waals surface area contributed by atoms with Crippen LogP contribution in [-0.4, -0.2) is 71.9 Å². The van der Waals surface area contributed by atoms with Crippen LogP contribution in [0.4, 0.5) is 5.69 Å². The zero-order valence-electron chi connectivity index (χ0n) is 14.5. The molecular weight excluding hydrogens is 298 g/mol. The summed E-state index contributed by atoms with van der Waals surface area (Å²) in [5.74, 6) is 0. The molecule has 24 heavy (non-hydrogen) atoms. The van der Waals surface area contributed by atoms with Gasteiger partial charge >= 0.3 is 0 Å². The summed E-state index contributed by atoms with van der Waals surface area (Å²) in [5.41, 5.74) is 2.46. The zero-order valence-corrected chi connectivity index (χ0v) is 14.5. The highest BCUT2D eigenvalue weighted by atomic mass is 15.3. The largest absolute Gasteiger partial charge is 0.371 e. The second kappa shape index (κ2) is 6.95. The lowest BCUT2D eigenvalue weighted by atomic mass is 10.0. The first-order valence-electron chi connectivity index (χ1n) is 9.07. The Morgan fingerprint density at radius 2 is 1.67 bits per heavy atom. The van der Waals surface area contributed by atoms with Crippen molar-refractivity contribution in [2.45, 2.75) is 18.9 Å². The van der Waals surface area contributed by atoms with E-state index >= 15 is 0 Å². The quantitative estimate of drug-likeness (QED) is 0.864. The van der Waals surface area contributed by atoms with Crippen LogP contribution in [0, 0.1) is 0 Å². The van der Waals surface area contributed by atoms with Gasteiger partial charge in [0, 0.05) is 63.4 Å². The van der Waals surface area contributed by atoms with Crippen molar-refractivity contribution in [1.29, 1.82) is 0 Å². The van der Waals surface area contributed by atoms with Gasteiger partial charge < -0.3 is 9.80 Å². The van der Waals surface area contributed by atoms with E-state index in [9.17, 15) is 0 Å². The minimum Gasteiger partial charge on any atom is -0.371 e. The van der Waals surface area contributed by atoms with E-state index in [4.69, 9.17) is 0 Å². The molecule has 0 aliphatic carbocycles. The first-order chi connectivity index (χ1) is 11.8. The van der Waals surface area contributed by atoms with Crippen molar-refractivity contribution in [2.24, 2.45) is 0 Å². The monoisotopic (exact) mass is 325 g/mol. The molecule has 0 unspecified atom stereocenters. The number of hydrogen-bond donors (Lipinski definition) is 0. The maximum atomic E-state index is 4.34. The third-order valence-electron chi connectivity index (χ3n) is 5.48. The second-order valence-electron chi connectivity index (χ2n) is 7.03. The van der Waals surface area contributed by atoms with Crippen molar-refractivity contribution < 1.29 is 0 Å². The summed E-state index contributed by atoms with van der Waals surface area (Å²) in [7, 11) is 2.23. The Balaban J connectivity index is 1.38. The first kappa shape index (κ1) is 15.7. The standard InChI is InChI=1S/C19H27N5/c1-21-12-14-23(15-13-21)17-6-10-22(11-7-17)18-4-2-5-19(16-18)24-9-3-8-20-24/h2-5,8-9,16-17H,6-7,10-15H2,1H3. The maximum absolute atomic E-state index is 4.34. The van der Waals surface area contributed by atoms with E-state index in [1.54, 1.807) is 0 Å². The highest BCUT2D eigenvalue weighted by Crippen LogP contribution is 2.25. The zero-order chi connectivity index (χ0) is 16.4. The molecule has 0 atom stereocenters. The lowest BCUT2D eigenvalue weighted by Gasteiger charge is -2.42. The summed E-state index contributed by atoms with van der Waals surface area (Å²) < 4.78 is 1.93. The summed E-state index contributed by atoms with van der Waals surface area (Å²) in [6, 6.07) is 11.5. The first-order valence-corrected chi connectivity index (χ1v) is 9.07. The lowest BCUT2D eigenvalue weighted by molar-refractivity contribution is 0.0982. The fraction of sp³-hybridized carbons (Fsp3) is 0.526. The van der Waals surface area contributed by atoms with Crippen LogP contribution >= 0.6 is 0 Å². The maximum Gasteiger partial charge on any atom is 0.0666 e. The predicted molar refractivity (Wildman–Crippen MR) is 97.9 cm³/mol. The number of anilines is 1. The van der Waals surface area contributed by atoms with E-state index in [2.05, 4.69) is 51.1 Å². The summed E-state index contributed by atoms with van der Waals surface area (Å²) >= 11 is 0. The Labute approximate surface area is 144 Å². The van der Waals surface area contributed by atoms with Gasteiger partial charge in [-0.05, 0) is 44.2 Å². The molecule has 2 saturated heterocycles. The molecule has 0 saturated carbocycles. The van der Waals surface area contributed by atoms with Gasteiger partial charge in [0.05, 0.1) is 5.69 Å². The molecule has 1 aromatic carbocycles. The number of likely N-dealkylation sites (N-methyl/N-ethyl adjacent to an activating group) is 1. The van der Waals surface area contributed by atoms with E-state index in [-0.39, 0.29) is 0 Å². The average molecular weight is 325 g/mol. The minimum absolute atomic E-state index is 0.768. The van der Waals surface area contributed by atoms with Crippen LogP contribution in [0.15, 0.2) is 42.7 Å². The SMILES string of the molecule is CN1CCN(C2CCN(c3cccc(-n4cccn4)c3)CC2)CC1. The summed E-state index contributed by atoms with van der Waals surface area (Å²) in [6.45, 7) is 7.20. The second-order valence-corrected chi connectivity index (χ2v) is 7.03. The van der Waals surface area contributed by atoms with Crippen molar-refractivity contribution in [3.05, 3.63) is 42.7 Å². The number of hydrogen-bond acceptors (Lipinski definition) is 4. The Morgan fingerprint density at radius 3 is 2.38 bits per heavy atom. The molecule has 1 aromatic heterocycles. The third-order valence-corrected chi connectivity index (χ3v) is 5.48. The number of benzene rings is 1. The number of nitrogens with zero attached hydrogens (tertiary/aromatic N) is 5. The average Bonchev–Trinajstić information content (AvgIpc) is 3.17. The highest BCUT2D eigenvalue weighted by Gasteiger charge is 2.26. The van der Waals surface area contributed by atoms with Gasteiger partial charge in [0.2, 0.25) is 0 Å². The summed E-state index contributed by atoms with van der Waals surface area (Å²) in [4.78, 5) is 7.67. The Kier molecular flexibility index (Phi) is 4.54. The highest BCUT2D eigenvalue weighted by molar-refractivity contribution is 5.53. The van der Waals surface area contributed by atoms with E-state index in [1.165, 1.54) is 44.7 Å². The van der Waals surface area contributed by atoms with Gasteiger partial charge in [-0.15, -0.1) is 0 Å². The van der Waals surface area contributed by atoms with E-state index in [0.29, 0.717) is 0 Å². The number of piperazine rings is 1. The van der Waals surface area contributed by atoms with Crippen molar-refractivity contribution in [3.63, 3.8) is 0 Å². The van der Waals surface area contributed by atoms with Crippen LogP contribution in [0.1, 0.15) is 12.8 Å². The van der Waals surface area contributed by atoms with E-state index in [1.807, 2.05) is 23.1 Å². The smallest absolute Gasteiger partial charge is 0.0666 e. The molecular formula is C19H27N5. The Bertz CT molecular complexity index is 638. The lowest BCUT2D eigenvalue weighted by Crippen LogP contribution is -2.52. The van der Waals surface area contributed by atoms with Gasteiger partial charge in [-0.1, -0.05) is 6.07 Å². The van der Waals surface area contributed by atoms with Gasteiger partial charge in [0.1, 0.15) is 0 Å². The number of piperidine rings is 1. The number of rotatable bonds is 3. The molecule has 128 valence electrons. The third kappa shape index (κ3) is 3.32. The summed E-state index contributed by atoms with van der Waals surface area (Å²) in [5, 5.41) is 4.34. The van der Waals surface area contributed by atoms with Crippen molar-refractivity contribution in [3.8, 4) is 5.69 Å². The molecule has 3 heterocycles. The number of aromatic nitrogens is 2. The van der Waals surface area contributed by atoms with Crippen molar-refractivity contribution in [1.82, 2.24) is 19.6 Å². The Hall–Kier alpha value is -1.85. The molecule has 0 N–H and O–H groups in total.